The van der Waals surface area contributed by atoms with Crippen LogP contribution < -0.4 is 5.73 Å². The molecule has 0 atom stereocenters. The Hall–Kier alpha value is -0.610. The molecule has 1 fully saturated rings. The molecule has 0 bridgehead atoms. The molecule has 1 heterocycles. The smallest absolute Gasteiger partial charge is 0.105 e. The average molecular weight is 184 g/mol. The lowest BCUT2D eigenvalue weighted by Crippen LogP contribution is -2.44. The van der Waals surface area contributed by atoms with E-state index < -0.39 is 0 Å². The lowest BCUT2D eigenvalue weighted by atomic mass is 10.0. The van der Waals surface area contributed by atoms with E-state index in [2.05, 4.69) is 23.9 Å². The highest BCUT2D eigenvalue weighted by Gasteiger charge is 2.20. The molecule has 0 spiro atoms. The van der Waals surface area contributed by atoms with Crippen LogP contribution in [0.1, 0.15) is 12.8 Å². The van der Waals surface area contributed by atoms with Crippen molar-refractivity contribution in [3.8, 4) is 0 Å². The van der Waals surface area contributed by atoms with E-state index in [-0.39, 0.29) is 5.84 Å². The van der Waals surface area contributed by atoms with Gasteiger partial charge in [0.1, 0.15) is 5.84 Å². The molecule has 0 aliphatic carbocycles. The van der Waals surface area contributed by atoms with Crippen LogP contribution in [0.3, 0.4) is 0 Å². The Labute approximate surface area is 80.2 Å². The number of hydrogen-bond donors (Lipinski definition) is 2. The Morgan fingerprint density at radius 1 is 1.54 bits per heavy atom. The van der Waals surface area contributed by atoms with Crippen molar-refractivity contribution in [2.24, 2.45) is 5.73 Å². The van der Waals surface area contributed by atoms with Gasteiger partial charge in [0.05, 0.1) is 6.54 Å². The zero-order chi connectivity index (χ0) is 9.84. The minimum atomic E-state index is 0.265. The molecule has 4 nitrogen and oxygen atoms in total. The topological polar surface area (TPSA) is 56.4 Å². The van der Waals surface area contributed by atoms with Crippen LogP contribution in [0.15, 0.2) is 0 Å². The Balaban J connectivity index is 2.31. The average Bonchev–Trinajstić information content (AvgIpc) is 2.04. The summed E-state index contributed by atoms with van der Waals surface area (Å²) in [6.07, 6.45) is 2.39. The second-order valence-corrected chi connectivity index (χ2v) is 3.97. The highest BCUT2D eigenvalue weighted by molar-refractivity contribution is 5.78. The predicted molar refractivity (Wildman–Crippen MR) is 55.1 cm³/mol. The second kappa shape index (κ2) is 4.58. The molecule has 76 valence electrons. The fourth-order valence-electron chi connectivity index (χ4n) is 1.83. The summed E-state index contributed by atoms with van der Waals surface area (Å²) in [5.41, 5.74) is 5.36. The van der Waals surface area contributed by atoms with Crippen molar-refractivity contribution in [1.82, 2.24) is 9.80 Å². The molecule has 1 saturated heterocycles. The first kappa shape index (κ1) is 10.5. The van der Waals surface area contributed by atoms with Crippen molar-refractivity contribution >= 4 is 5.84 Å². The van der Waals surface area contributed by atoms with Gasteiger partial charge in [0.15, 0.2) is 0 Å². The number of hydrogen-bond acceptors (Lipinski definition) is 3. The van der Waals surface area contributed by atoms with Crippen molar-refractivity contribution in [1.29, 1.82) is 5.41 Å². The van der Waals surface area contributed by atoms with Crippen LogP contribution in [0.5, 0.6) is 0 Å². The molecule has 13 heavy (non-hydrogen) atoms. The Bertz CT molecular complexity index is 172. The molecule has 1 aliphatic rings. The van der Waals surface area contributed by atoms with Crippen molar-refractivity contribution in [3.63, 3.8) is 0 Å². The maximum atomic E-state index is 7.21. The van der Waals surface area contributed by atoms with E-state index in [1.54, 1.807) is 0 Å². The number of nitrogens with zero attached hydrogens (tertiary/aromatic N) is 2. The standard InChI is InChI=1S/C9H20N4/c1-12-5-3-8(4-6-12)13(2)7-9(10)11/h8H,3-7H2,1-2H3,(H3,10,11). The van der Waals surface area contributed by atoms with Crippen LogP contribution in [0.2, 0.25) is 0 Å². The summed E-state index contributed by atoms with van der Waals surface area (Å²) in [7, 11) is 4.21. The summed E-state index contributed by atoms with van der Waals surface area (Å²) < 4.78 is 0. The van der Waals surface area contributed by atoms with Gasteiger partial charge in [-0.15, -0.1) is 0 Å². The number of rotatable bonds is 3. The van der Waals surface area contributed by atoms with Crippen LogP contribution in [0.25, 0.3) is 0 Å². The molecule has 0 aromatic carbocycles. The molecule has 0 radical (unpaired) electrons. The van der Waals surface area contributed by atoms with E-state index in [1.807, 2.05) is 0 Å². The Morgan fingerprint density at radius 2 is 2.08 bits per heavy atom. The maximum absolute atomic E-state index is 7.21. The van der Waals surface area contributed by atoms with E-state index in [0.717, 1.165) is 13.1 Å². The monoisotopic (exact) mass is 184 g/mol. The summed E-state index contributed by atoms with van der Waals surface area (Å²) in [6, 6.07) is 0.611. The molecule has 1 rings (SSSR count). The van der Waals surface area contributed by atoms with Gasteiger partial charge in [-0.1, -0.05) is 0 Å². The van der Waals surface area contributed by atoms with E-state index in [9.17, 15) is 0 Å². The zero-order valence-corrected chi connectivity index (χ0v) is 8.58. The fourth-order valence-corrected chi connectivity index (χ4v) is 1.83. The number of likely N-dealkylation sites (tertiary alicyclic amines) is 1. The minimum Gasteiger partial charge on any atom is -0.387 e. The van der Waals surface area contributed by atoms with Crippen molar-refractivity contribution in [2.75, 3.05) is 33.7 Å². The van der Waals surface area contributed by atoms with Gasteiger partial charge in [-0.3, -0.25) is 10.3 Å². The zero-order valence-electron chi connectivity index (χ0n) is 8.58. The van der Waals surface area contributed by atoms with E-state index in [1.165, 1.54) is 12.8 Å². The lowest BCUT2D eigenvalue weighted by Gasteiger charge is -2.34. The number of nitrogens with two attached hydrogens (primary N) is 1. The quantitative estimate of drug-likeness (QED) is 0.477. The fraction of sp³-hybridized carbons (Fsp3) is 0.889. The number of likely N-dealkylation sites (N-methyl/N-ethyl adjacent to an activating group) is 1. The lowest BCUT2D eigenvalue weighted by molar-refractivity contribution is 0.157. The minimum absolute atomic E-state index is 0.265. The van der Waals surface area contributed by atoms with E-state index >= 15 is 0 Å². The summed E-state index contributed by atoms with van der Waals surface area (Å²) >= 11 is 0. The molecular formula is C9H20N4. The molecule has 1 aliphatic heterocycles. The normalized spacial score (nSPS) is 20.8. The first-order valence-electron chi connectivity index (χ1n) is 4.81. The van der Waals surface area contributed by atoms with Gasteiger partial charge in [0.25, 0.3) is 0 Å². The van der Waals surface area contributed by atoms with E-state index in [0.29, 0.717) is 12.6 Å². The molecule has 3 N–H and O–H groups in total. The molecule has 0 amide bonds. The predicted octanol–water partition coefficient (Wildman–Crippen LogP) is -0.0516. The van der Waals surface area contributed by atoms with Crippen molar-refractivity contribution < 1.29 is 0 Å². The molecule has 0 aromatic heterocycles. The Morgan fingerprint density at radius 3 is 2.54 bits per heavy atom. The molecule has 0 aromatic rings. The highest BCUT2D eigenvalue weighted by Crippen LogP contribution is 2.13. The summed E-state index contributed by atoms with van der Waals surface area (Å²) in [6.45, 7) is 2.92. The third-order valence-corrected chi connectivity index (χ3v) is 2.73. The first-order valence-corrected chi connectivity index (χ1v) is 4.81. The third kappa shape index (κ3) is 3.32. The van der Waals surface area contributed by atoms with Crippen LogP contribution in [0.4, 0.5) is 0 Å². The summed E-state index contributed by atoms with van der Waals surface area (Å²) in [4.78, 5) is 4.54. The third-order valence-electron chi connectivity index (χ3n) is 2.73. The van der Waals surface area contributed by atoms with Gasteiger partial charge in [0, 0.05) is 6.04 Å². The SMILES string of the molecule is CN1CCC(N(C)CC(=N)N)CC1. The molecular weight excluding hydrogens is 164 g/mol. The van der Waals surface area contributed by atoms with Gasteiger partial charge in [-0.25, -0.2) is 0 Å². The van der Waals surface area contributed by atoms with Crippen molar-refractivity contribution in [3.05, 3.63) is 0 Å². The number of nitrogens with one attached hydrogen (secondary N) is 1. The second-order valence-electron chi connectivity index (χ2n) is 3.97. The first-order chi connectivity index (χ1) is 6.09. The van der Waals surface area contributed by atoms with Crippen LogP contribution in [-0.2, 0) is 0 Å². The Kier molecular flexibility index (Phi) is 3.69. The van der Waals surface area contributed by atoms with Crippen LogP contribution >= 0.6 is 0 Å². The van der Waals surface area contributed by atoms with Gasteiger partial charge in [-0.2, -0.15) is 0 Å². The van der Waals surface area contributed by atoms with Gasteiger partial charge >= 0.3 is 0 Å². The van der Waals surface area contributed by atoms with Crippen LogP contribution in [-0.4, -0.2) is 55.4 Å². The summed E-state index contributed by atoms with van der Waals surface area (Å²) in [5, 5.41) is 7.21. The number of piperidine rings is 1. The van der Waals surface area contributed by atoms with Crippen LogP contribution in [0, 0.1) is 5.41 Å². The number of amidine groups is 1. The largest absolute Gasteiger partial charge is 0.387 e. The molecule has 4 heteroatoms. The van der Waals surface area contributed by atoms with Crippen molar-refractivity contribution in [2.45, 2.75) is 18.9 Å². The van der Waals surface area contributed by atoms with Gasteiger partial charge in [0.2, 0.25) is 0 Å². The van der Waals surface area contributed by atoms with Gasteiger partial charge in [-0.05, 0) is 40.0 Å². The van der Waals surface area contributed by atoms with E-state index in [4.69, 9.17) is 11.1 Å². The molecule has 0 unspecified atom stereocenters. The molecule has 0 saturated carbocycles. The maximum Gasteiger partial charge on any atom is 0.105 e. The highest BCUT2D eigenvalue weighted by atomic mass is 15.2. The summed E-state index contributed by atoms with van der Waals surface area (Å²) in [5.74, 6) is 0.265. The van der Waals surface area contributed by atoms with Gasteiger partial charge < -0.3 is 10.6 Å².